The first kappa shape index (κ1) is 10.3. The van der Waals surface area contributed by atoms with Gasteiger partial charge in [0.05, 0.1) is 11.1 Å². The van der Waals surface area contributed by atoms with Gasteiger partial charge in [-0.05, 0) is 6.42 Å². The number of carboxylic acids is 1. The maximum absolute atomic E-state index is 10.1. The van der Waals surface area contributed by atoms with Crippen molar-refractivity contribution in [2.24, 2.45) is 0 Å². The van der Waals surface area contributed by atoms with Gasteiger partial charge in [0, 0.05) is 0 Å². The average molecular weight is 177 g/mol. The zero-order valence-electron chi connectivity index (χ0n) is 6.24. The molecule has 0 aliphatic carbocycles. The first-order valence-corrected chi connectivity index (χ1v) is 4.28. The number of amides is 1. The van der Waals surface area contributed by atoms with E-state index in [4.69, 9.17) is 5.11 Å². The summed E-state index contributed by atoms with van der Waals surface area (Å²) in [7, 11) is 0. The van der Waals surface area contributed by atoms with Gasteiger partial charge in [-0.15, -0.1) is 11.8 Å². The number of carbonyl (C=O) groups excluding carboxylic acids is 1. The molecular formula is C6H11NO3S. The van der Waals surface area contributed by atoms with Crippen LogP contribution in [0.1, 0.15) is 13.3 Å². The number of carbonyl (C=O) groups is 2. The zero-order chi connectivity index (χ0) is 8.69. The van der Waals surface area contributed by atoms with Crippen molar-refractivity contribution in [2.75, 3.05) is 5.75 Å². The number of hydrogen-bond acceptors (Lipinski definition) is 3. The summed E-state index contributed by atoms with van der Waals surface area (Å²) in [5.74, 6) is -0.833. The fourth-order valence-electron chi connectivity index (χ4n) is 0.532. The molecule has 0 heterocycles. The predicted molar refractivity (Wildman–Crippen MR) is 43.4 cm³/mol. The molecular weight excluding hydrogens is 166 g/mol. The highest BCUT2D eigenvalue weighted by Gasteiger charge is 2.06. The van der Waals surface area contributed by atoms with E-state index < -0.39 is 5.97 Å². The first-order valence-electron chi connectivity index (χ1n) is 3.23. The second kappa shape index (κ2) is 6.03. The van der Waals surface area contributed by atoms with Gasteiger partial charge in [-0.25, -0.2) is 0 Å². The van der Waals surface area contributed by atoms with Crippen LogP contribution in [0.2, 0.25) is 0 Å². The topological polar surface area (TPSA) is 66.4 Å². The van der Waals surface area contributed by atoms with Gasteiger partial charge >= 0.3 is 5.97 Å². The van der Waals surface area contributed by atoms with E-state index in [1.807, 2.05) is 6.92 Å². The van der Waals surface area contributed by atoms with Crippen molar-refractivity contribution < 1.29 is 14.7 Å². The van der Waals surface area contributed by atoms with E-state index in [9.17, 15) is 9.59 Å². The molecule has 5 heteroatoms. The van der Waals surface area contributed by atoms with Gasteiger partial charge in [-0.3, -0.25) is 9.59 Å². The second-order valence-electron chi connectivity index (χ2n) is 1.89. The van der Waals surface area contributed by atoms with Crippen molar-refractivity contribution in [3.8, 4) is 0 Å². The summed E-state index contributed by atoms with van der Waals surface area (Å²) in [4.78, 5) is 20.0. The van der Waals surface area contributed by atoms with Crippen molar-refractivity contribution in [1.29, 1.82) is 0 Å². The Morgan fingerprint density at radius 3 is 2.82 bits per heavy atom. The SMILES string of the molecule is CCC(NC=O)SCC(=O)O. The molecule has 4 nitrogen and oxygen atoms in total. The standard InChI is InChI=1S/C6H11NO3S/c1-2-5(7-4-8)11-3-6(9)10/h4-5H,2-3H2,1H3,(H,7,8)(H,9,10). The van der Waals surface area contributed by atoms with Crippen LogP contribution in [0.4, 0.5) is 0 Å². The highest BCUT2D eigenvalue weighted by molar-refractivity contribution is 8.00. The molecule has 11 heavy (non-hydrogen) atoms. The Kier molecular flexibility index (Phi) is 5.64. The lowest BCUT2D eigenvalue weighted by Gasteiger charge is -2.10. The molecule has 0 saturated carbocycles. The molecule has 0 radical (unpaired) electrons. The Morgan fingerprint density at radius 2 is 2.45 bits per heavy atom. The highest BCUT2D eigenvalue weighted by atomic mass is 32.2. The molecule has 0 aromatic heterocycles. The fourth-order valence-corrected chi connectivity index (χ4v) is 1.26. The molecule has 1 atom stereocenters. The normalized spacial score (nSPS) is 12.1. The van der Waals surface area contributed by atoms with Crippen LogP contribution in [0.5, 0.6) is 0 Å². The largest absolute Gasteiger partial charge is 0.481 e. The Hall–Kier alpha value is -0.710. The van der Waals surface area contributed by atoms with Crippen molar-refractivity contribution in [3.63, 3.8) is 0 Å². The quantitative estimate of drug-likeness (QED) is 0.452. The summed E-state index contributed by atoms with van der Waals surface area (Å²) in [5, 5.41) is 10.7. The van der Waals surface area contributed by atoms with Gasteiger partial charge in [0.1, 0.15) is 0 Å². The number of hydrogen-bond donors (Lipinski definition) is 2. The maximum Gasteiger partial charge on any atom is 0.313 e. The van der Waals surface area contributed by atoms with Gasteiger partial charge in [-0.2, -0.15) is 0 Å². The molecule has 0 saturated heterocycles. The predicted octanol–water partition coefficient (Wildman–Crippen LogP) is 0.286. The van der Waals surface area contributed by atoms with Crippen LogP contribution >= 0.6 is 11.8 Å². The Labute approximate surface area is 69.4 Å². The molecule has 0 aromatic rings. The van der Waals surface area contributed by atoms with Gasteiger partial charge in [-0.1, -0.05) is 6.92 Å². The van der Waals surface area contributed by atoms with Gasteiger partial charge in [0.2, 0.25) is 6.41 Å². The summed E-state index contributed by atoms with van der Waals surface area (Å²) in [6, 6.07) is 0. The van der Waals surface area contributed by atoms with Crippen molar-refractivity contribution in [2.45, 2.75) is 18.7 Å². The minimum Gasteiger partial charge on any atom is -0.481 e. The fraction of sp³-hybridized carbons (Fsp3) is 0.667. The molecule has 0 rings (SSSR count). The molecule has 64 valence electrons. The first-order chi connectivity index (χ1) is 5.20. The van der Waals surface area contributed by atoms with Crippen LogP contribution < -0.4 is 5.32 Å². The van der Waals surface area contributed by atoms with Crippen LogP contribution in [0, 0.1) is 0 Å². The summed E-state index contributed by atoms with van der Waals surface area (Å²) in [5.41, 5.74) is 0. The lowest BCUT2D eigenvalue weighted by atomic mass is 10.5. The zero-order valence-corrected chi connectivity index (χ0v) is 7.06. The van der Waals surface area contributed by atoms with Gasteiger partial charge in [0.25, 0.3) is 0 Å². The van der Waals surface area contributed by atoms with E-state index in [0.29, 0.717) is 6.41 Å². The van der Waals surface area contributed by atoms with E-state index in [1.165, 1.54) is 11.8 Å². The minimum absolute atomic E-state index is 0.0271. The minimum atomic E-state index is -0.860. The average Bonchev–Trinajstić information content (AvgIpc) is 1.97. The highest BCUT2D eigenvalue weighted by Crippen LogP contribution is 2.09. The third-order valence-corrected chi connectivity index (χ3v) is 2.32. The van der Waals surface area contributed by atoms with Crippen LogP contribution in [0.15, 0.2) is 0 Å². The molecule has 0 aliphatic heterocycles. The Morgan fingerprint density at radius 1 is 1.82 bits per heavy atom. The Bertz CT molecular complexity index is 140. The van der Waals surface area contributed by atoms with Crippen LogP contribution in [-0.2, 0) is 9.59 Å². The number of aliphatic carboxylic acids is 1. The van der Waals surface area contributed by atoms with Crippen molar-refractivity contribution >= 4 is 24.1 Å². The van der Waals surface area contributed by atoms with Crippen molar-refractivity contribution in [3.05, 3.63) is 0 Å². The van der Waals surface area contributed by atoms with Gasteiger partial charge in [0.15, 0.2) is 0 Å². The van der Waals surface area contributed by atoms with E-state index in [1.54, 1.807) is 0 Å². The van der Waals surface area contributed by atoms with Crippen molar-refractivity contribution in [1.82, 2.24) is 5.32 Å². The lowest BCUT2D eigenvalue weighted by Crippen LogP contribution is -2.24. The van der Waals surface area contributed by atoms with Crippen LogP contribution in [-0.4, -0.2) is 28.6 Å². The molecule has 0 spiro atoms. The lowest BCUT2D eigenvalue weighted by molar-refractivity contribution is -0.134. The number of nitrogens with one attached hydrogen (secondary N) is 1. The van der Waals surface area contributed by atoms with E-state index in [-0.39, 0.29) is 11.1 Å². The summed E-state index contributed by atoms with van der Waals surface area (Å²) in [6.45, 7) is 1.88. The molecule has 1 amide bonds. The summed E-state index contributed by atoms with van der Waals surface area (Å²) >= 11 is 1.21. The molecule has 2 N–H and O–H groups in total. The monoisotopic (exact) mass is 177 g/mol. The molecule has 0 fully saturated rings. The molecule has 1 unspecified atom stereocenters. The number of carboxylic acid groups (broad SMARTS) is 1. The summed E-state index contributed by atoms with van der Waals surface area (Å²) in [6.07, 6.45) is 1.32. The molecule has 0 aromatic carbocycles. The van der Waals surface area contributed by atoms with E-state index in [0.717, 1.165) is 6.42 Å². The number of thioether (sulfide) groups is 1. The second-order valence-corrected chi connectivity index (χ2v) is 3.08. The molecule has 0 aliphatic rings. The van der Waals surface area contributed by atoms with E-state index in [2.05, 4.69) is 5.32 Å². The third kappa shape index (κ3) is 5.72. The third-order valence-electron chi connectivity index (χ3n) is 1.03. The Balaban J connectivity index is 3.51. The van der Waals surface area contributed by atoms with Crippen LogP contribution in [0.25, 0.3) is 0 Å². The smallest absolute Gasteiger partial charge is 0.313 e. The summed E-state index contributed by atoms with van der Waals surface area (Å²) < 4.78 is 0. The number of rotatable bonds is 6. The van der Waals surface area contributed by atoms with E-state index >= 15 is 0 Å². The van der Waals surface area contributed by atoms with Crippen LogP contribution in [0.3, 0.4) is 0 Å². The molecule has 0 bridgehead atoms. The van der Waals surface area contributed by atoms with Gasteiger partial charge < -0.3 is 10.4 Å². The maximum atomic E-state index is 10.1.